The van der Waals surface area contributed by atoms with Gasteiger partial charge in [0.2, 0.25) is 5.91 Å². The van der Waals surface area contributed by atoms with Crippen LogP contribution in [0.5, 0.6) is 5.75 Å². The molecule has 100 valence electrons. The Morgan fingerprint density at radius 2 is 2.17 bits per heavy atom. The summed E-state index contributed by atoms with van der Waals surface area (Å²) >= 11 is 0. The van der Waals surface area contributed by atoms with Crippen molar-refractivity contribution in [1.29, 1.82) is 0 Å². The lowest BCUT2D eigenvalue weighted by molar-refractivity contribution is -0.126. The van der Waals surface area contributed by atoms with Gasteiger partial charge in [0.05, 0.1) is 19.9 Å². The van der Waals surface area contributed by atoms with Gasteiger partial charge in [-0.05, 0) is 12.1 Å². The van der Waals surface area contributed by atoms with Crippen molar-refractivity contribution in [1.82, 2.24) is 5.06 Å². The fraction of sp³-hybridized carbons (Fsp3) is 0.417. The molecule has 6 nitrogen and oxygen atoms in total. The molecular weight excluding hydrogens is 234 g/mol. The minimum Gasteiger partial charge on any atom is -0.494 e. The van der Waals surface area contributed by atoms with Gasteiger partial charge in [-0.3, -0.25) is 4.79 Å². The van der Waals surface area contributed by atoms with Crippen LogP contribution in [0.25, 0.3) is 0 Å². The second-order valence-electron chi connectivity index (χ2n) is 3.79. The van der Waals surface area contributed by atoms with E-state index >= 15 is 0 Å². The highest BCUT2D eigenvalue weighted by atomic mass is 16.7. The van der Waals surface area contributed by atoms with Crippen LogP contribution in [-0.4, -0.2) is 38.8 Å². The van der Waals surface area contributed by atoms with E-state index in [9.17, 15) is 4.79 Å². The average molecular weight is 253 g/mol. The number of rotatable bonds is 6. The van der Waals surface area contributed by atoms with Crippen LogP contribution in [0.2, 0.25) is 0 Å². The van der Waals surface area contributed by atoms with Gasteiger partial charge in [-0.25, -0.2) is 0 Å². The van der Waals surface area contributed by atoms with Crippen molar-refractivity contribution < 1.29 is 14.4 Å². The number of hydrogen-bond acceptors (Lipinski definition) is 5. The zero-order valence-electron chi connectivity index (χ0n) is 10.9. The maximum Gasteiger partial charge on any atom is 0.225 e. The van der Waals surface area contributed by atoms with E-state index in [-0.39, 0.29) is 5.91 Å². The minimum atomic E-state index is -0.109. The van der Waals surface area contributed by atoms with Crippen LogP contribution >= 0.6 is 0 Å². The number of carbonyl (C=O) groups excluding carboxylic acids is 1. The molecule has 3 N–H and O–H groups in total. The number of benzene rings is 1. The number of nitrogens with two attached hydrogens (primary N) is 1. The summed E-state index contributed by atoms with van der Waals surface area (Å²) in [6.07, 6.45) is 0.331. The van der Waals surface area contributed by atoms with Gasteiger partial charge in [0.25, 0.3) is 0 Å². The third kappa shape index (κ3) is 4.23. The van der Waals surface area contributed by atoms with Crippen LogP contribution in [0.15, 0.2) is 18.2 Å². The van der Waals surface area contributed by atoms with E-state index in [1.165, 1.54) is 7.11 Å². The molecule has 0 aliphatic rings. The Morgan fingerprint density at radius 3 is 2.78 bits per heavy atom. The first-order valence-corrected chi connectivity index (χ1v) is 5.55. The maximum absolute atomic E-state index is 11.7. The van der Waals surface area contributed by atoms with Gasteiger partial charge in [0.1, 0.15) is 5.75 Å². The number of nitrogens with zero attached hydrogens (tertiary/aromatic N) is 1. The van der Waals surface area contributed by atoms with E-state index in [2.05, 4.69) is 5.32 Å². The highest BCUT2D eigenvalue weighted by Crippen LogP contribution is 2.26. The monoisotopic (exact) mass is 253 g/mol. The van der Waals surface area contributed by atoms with E-state index in [0.717, 1.165) is 0 Å². The molecule has 0 spiro atoms. The van der Waals surface area contributed by atoms with Crippen molar-refractivity contribution >= 4 is 17.3 Å². The number of anilines is 2. The molecule has 0 aliphatic carbocycles. The number of ether oxygens (including phenoxy) is 1. The van der Waals surface area contributed by atoms with Crippen molar-refractivity contribution in [3.05, 3.63) is 18.2 Å². The number of hydrogen-bond donors (Lipinski definition) is 2. The molecule has 0 bridgehead atoms. The van der Waals surface area contributed by atoms with Crippen LogP contribution in [0.4, 0.5) is 11.4 Å². The van der Waals surface area contributed by atoms with Gasteiger partial charge >= 0.3 is 0 Å². The fourth-order valence-electron chi connectivity index (χ4n) is 1.37. The van der Waals surface area contributed by atoms with E-state index in [0.29, 0.717) is 30.1 Å². The summed E-state index contributed by atoms with van der Waals surface area (Å²) < 4.78 is 5.14. The lowest BCUT2D eigenvalue weighted by Gasteiger charge is -2.14. The lowest BCUT2D eigenvalue weighted by atomic mass is 10.2. The molecule has 1 aromatic carbocycles. The quantitative estimate of drug-likeness (QED) is 0.586. The molecule has 0 saturated carbocycles. The summed E-state index contributed by atoms with van der Waals surface area (Å²) in [5, 5.41) is 4.35. The Hall–Kier alpha value is -1.79. The molecular formula is C12H19N3O3. The Bertz CT molecular complexity index is 410. The molecule has 0 heterocycles. The van der Waals surface area contributed by atoms with Crippen LogP contribution < -0.4 is 15.8 Å². The first-order valence-electron chi connectivity index (χ1n) is 5.55. The van der Waals surface area contributed by atoms with Crippen molar-refractivity contribution in [3.63, 3.8) is 0 Å². The second kappa shape index (κ2) is 6.83. The van der Waals surface area contributed by atoms with Crippen molar-refractivity contribution in [2.24, 2.45) is 0 Å². The third-order valence-electron chi connectivity index (χ3n) is 2.47. The minimum absolute atomic E-state index is 0.109. The van der Waals surface area contributed by atoms with Crippen LogP contribution in [-0.2, 0) is 9.63 Å². The normalized spacial score (nSPS) is 10.4. The van der Waals surface area contributed by atoms with E-state index < -0.39 is 0 Å². The van der Waals surface area contributed by atoms with E-state index in [1.807, 2.05) is 0 Å². The smallest absolute Gasteiger partial charge is 0.225 e. The summed E-state index contributed by atoms with van der Waals surface area (Å²) in [5.41, 5.74) is 6.83. The Morgan fingerprint density at radius 1 is 1.44 bits per heavy atom. The van der Waals surface area contributed by atoms with Crippen LogP contribution in [0, 0.1) is 0 Å². The third-order valence-corrected chi connectivity index (χ3v) is 2.47. The Labute approximate surface area is 107 Å². The molecule has 0 saturated heterocycles. The Kier molecular flexibility index (Phi) is 5.41. The first-order chi connectivity index (χ1) is 8.56. The predicted molar refractivity (Wildman–Crippen MR) is 70.3 cm³/mol. The van der Waals surface area contributed by atoms with Gasteiger partial charge in [-0.2, -0.15) is 5.06 Å². The van der Waals surface area contributed by atoms with Gasteiger partial charge in [0, 0.05) is 31.8 Å². The van der Waals surface area contributed by atoms with Gasteiger partial charge in [-0.1, -0.05) is 0 Å². The largest absolute Gasteiger partial charge is 0.494 e. The Balaban J connectivity index is 2.59. The zero-order chi connectivity index (χ0) is 13.5. The van der Waals surface area contributed by atoms with Crippen molar-refractivity contribution in [3.8, 4) is 5.75 Å². The first kappa shape index (κ1) is 14.3. The molecule has 0 radical (unpaired) electrons. The lowest BCUT2D eigenvalue weighted by Crippen LogP contribution is -2.23. The molecule has 1 aromatic rings. The summed E-state index contributed by atoms with van der Waals surface area (Å²) in [6.45, 7) is 0.514. The van der Waals surface area contributed by atoms with Crippen LogP contribution in [0.3, 0.4) is 0 Å². The molecule has 1 rings (SSSR count). The molecule has 0 fully saturated rings. The van der Waals surface area contributed by atoms with Gasteiger partial charge < -0.3 is 20.6 Å². The van der Waals surface area contributed by atoms with E-state index in [1.54, 1.807) is 37.4 Å². The standard InChI is InChI=1S/C12H19N3O3/c1-15(18-3)7-6-12(16)14-10-5-4-9(13)8-11(10)17-2/h4-5,8H,6-7,13H2,1-3H3,(H,14,16). The summed E-state index contributed by atoms with van der Waals surface area (Å²) in [5.74, 6) is 0.436. The number of amides is 1. The highest BCUT2D eigenvalue weighted by molar-refractivity contribution is 5.92. The zero-order valence-corrected chi connectivity index (χ0v) is 10.9. The molecule has 6 heteroatoms. The van der Waals surface area contributed by atoms with E-state index in [4.69, 9.17) is 15.3 Å². The number of methoxy groups -OCH3 is 1. The maximum atomic E-state index is 11.7. The van der Waals surface area contributed by atoms with Gasteiger partial charge in [0.15, 0.2) is 0 Å². The number of nitrogens with one attached hydrogen (secondary N) is 1. The summed E-state index contributed by atoms with van der Waals surface area (Å²) in [4.78, 5) is 16.6. The molecule has 0 atom stereocenters. The summed E-state index contributed by atoms with van der Waals surface area (Å²) in [7, 11) is 4.85. The van der Waals surface area contributed by atoms with Crippen LogP contribution in [0.1, 0.15) is 6.42 Å². The molecule has 0 aromatic heterocycles. The molecule has 0 unspecified atom stereocenters. The number of carbonyl (C=O) groups is 1. The topological polar surface area (TPSA) is 76.8 Å². The molecule has 18 heavy (non-hydrogen) atoms. The number of hydroxylamine groups is 2. The second-order valence-corrected chi connectivity index (χ2v) is 3.79. The van der Waals surface area contributed by atoms with Crippen molar-refractivity contribution in [2.45, 2.75) is 6.42 Å². The molecule has 0 aliphatic heterocycles. The summed E-state index contributed by atoms with van der Waals surface area (Å²) in [6, 6.07) is 5.09. The predicted octanol–water partition coefficient (Wildman–Crippen LogP) is 1.10. The van der Waals surface area contributed by atoms with Crippen molar-refractivity contribution in [2.75, 3.05) is 38.9 Å². The SMILES string of the molecule is COc1cc(N)ccc1NC(=O)CCN(C)OC. The molecule has 1 amide bonds. The number of nitrogen functional groups attached to an aromatic ring is 1. The fourth-order valence-corrected chi connectivity index (χ4v) is 1.37. The highest BCUT2D eigenvalue weighted by Gasteiger charge is 2.08. The average Bonchev–Trinajstić information content (AvgIpc) is 2.37. The van der Waals surface area contributed by atoms with Gasteiger partial charge in [-0.15, -0.1) is 0 Å².